The molecule has 5 nitrogen and oxygen atoms in total. The fraction of sp³-hybridized carbons (Fsp3) is 0.533. The summed E-state index contributed by atoms with van der Waals surface area (Å²) in [6.45, 7) is 1.66. The van der Waals surface area contributed by atoms with Crippen molar-refractivity contribution in [3.05, 3.63) is 29.3 Å². The van der Waals surface area contributed by atoms with E-state index in [-0.39, 0.29) is 18.8 Å². The van der Waals surface area contributed by atoms with Gasteiger partial charge in [0.2, 0.25) is 0 Å². The SMILES string of the molecule is COc1cc(CN2C[C@H](OC)C[C@H]2CO)ccc1C#N. The second kappa shape index (κ2) is 6.71. The summed E-state index contributed by atoms with van der Waals surface area (Å²) in [4.78, 5) is 2.20. The average Bonchev–Trinajstić information content (AvgIpc) is 2.89. The third-order valence-corrected chi connectivity index (χ3v) is 3.81. The van der Waals surface area contributed by atoms with Crippen LogP contribution in [0.15, 0.2) is 18.2 Å². The minimum atomic E-state index is 0.126. The Morgan fingerprint density at radius 3 is 2.85 bits per heavy atom. The molecule has 5 heteroatoms. The highest BCUT2D eigenvalue weighted by atomic mass is 16.5. The third kappa shape index (κ3) is 3.10. The predicted octanol–water partition coefficient (Wildman–Crippen LogP) is 1.15. The number of benzene rings is 1. The normalized spacial score (nSPS) is 22.7. The Kier molecular flexibility index (Phi) is 4.96. The van der Waals surface area contributed by atoms with Crippen molar-refractivity contribution in [2.75, 3.05) is 27.4 Å². The first-order chi connectivity index (χ1) is 9.71. The van der Waals surface area contributed by atoms with Crippen LogP contribution in [0, 0.1) is 11.3 Å². The second-order valence-corrected chi connectivity index (χ2v) is 5.01. The van der Waals surface area contributed by atoms with Crippen molar-refractivity contribution in [1.82, 2.24) is 4.90 Å². The molecule has 1 aliphatic heterocycles. The number of methoxy groups -OCH3 is 2. The molecule has 1 aromatic rings. The topological polar surface area (TPSA) is 65.7 Å². The minimum absolute atomic E-state index is 0.126. The largest absolute Gasteiger partial charge is 0.495 e. The molecule has 0 unspecified atom stereocenters. The molecule has 108 valence electrons. The molecule has 0 saturated carbocycles. The molecule has 0 spiro atoms. The van der Waals surface area contributed by atoms with Crippen LogP contribution in [-0.2, 0) is 11.3 Å². The Morgan fingerprint density at radius 2 is 2.25 bits per heavy atom. The summed E-state index contributed by atoms with van der Waals surface area (Å²) in [6, 6.07) is 7.81. The monoisotopic (exact) mass is 276 g/mol. The molecule has 2 rings (SSSR count). The first-order valence-electron chi connectivity index (χ1n) is 6.66. The molecule has 0 amide bonds. The first kappa shape index (κ1) is 14.8. The summed E-state index contributed by atoms with van der Waals surface area (Å²) >= 11 is 0. The standard InChI is InChI=1S/C15H20N2O3/c1-19-14-6-13(10-18)17(9-14)8-11-3-4-12(7-16)15(5-11)20-2/h3-5,13-14,18H,6,8-10H2,1-2H3/t13-,14+/m0/s1. The van der Waals surface area contributed by atoms with Crippen LogP contribution in [-0.4, -0.2) is 49.5 Å². The van der Waals surface area contributed by atoms with Crippen LogP contribution in [0.5, 0.6) is 5.75 Å². The van der Waals surface area contributed by atoms with Crippen LogP contribution in [0.2, 0.25) is 0 Å². The Bertz CT molecular complexity index is 498. The Morgan fingerprint density at radius 1 is 1.45 bits per heavy atom. The van der Waals surface area contributed by atoms with E-state index < -0.39 is 0 Å². The smallest absolute Gasteiger partial charge is 0.136 e. The number of ether oxygens (including phenoxy) is 2. The van der Waals surface area contributed by atoms with Crippen molar-refractivity contribution in [1.29, 1.82) is 5.26 Å². The summed E-state index contributed by atoms with van der Waals surface area (Å²) in [6.07, 6.45) is 1.02. The van der Waals surface area contributed by atoms with Crippen molar-refractivity contribution in [2.24, 2.45) is 0 Å². The van der Waals surface area contributed by atoms with Crippen molar-refractivity contribution >= 4 is 0 Å². The van der Waals surface area contributed by atoms with Gasteiger partial charge in [-0.2, -0.15) is 5.26 Å². The molecule has 1 saturated heterocycles. The molecule has 1 aliphatic rings. The molecule has 1 heterocycles. The van der Waals surface area contributed by atoms with Gasteiger partial charge in [-0.3, -0.25) is 4.90 Å². The molecule has 20 heavy (non-hydrogen) atoms. The van der Waals surface area contributed by atoms with Gasteiger partial charge in [0.1, 0.15) is 11.8 Å². The van der Waals surface area contributed by atoms with Crippen molar-refractivity contribution in [3.8, 4) is 11.8 Å². The highest BCUT2D eigenvalue weighted by Gasteiger charge is 2.31. The highest BCUT2D eigenvalue weighted by Crippen LogP contribution is 2.25. The van der Waals surface area contributed by atoms with Gasteiger partial charge in [-0.1, -0.05) is 6.07 Å². The van der Waals surface area contributed by atoms with Gasteiger partial charge in [0.05, 0.1) is 25.4 Å². The molecular formula is C15H20N2O3. The molecule has 1 N–H and O–H groups in total. The maximum Gasteiger partial charge on any atom is 0.136 e. The van der Waals surface area contributed by atoms with E-state index in [0.29, 0.717) is 17.9 Å². The number of likely N-dealkylation sites (tertiary alicyclic amines) is 1. The fourth-order valence-electron chi connectivity index (χ4n) is 2.65. The van der Waals surface area contributed by atoms with Gasteiger partial charge in [0.15, 0.2) is 0 Å². The predicted molar refractivity (Wildman–Crippen MR) is 74.4 cm³/mol. The molecule has 0 aromatic heterocycles. The van der Waals surface area contributed by atoms with E-state index in [9.17, 15) is 5.11 Å². The van der Waals surface area contributed by atoms with E-state index in [4.69, 9.17) is 14.7 Å². The highest BCUT2D eigenvalue weighted by molar-refractivity contribution is 5.45. The van der Waals surface area contributed by atoms with Crippen LogP contribution in [0.4, 0.5) is 0 Å². The van der Waals surface area contributed by atoms with E-state index in [1.54, 1.807) is 20.3 Å². The van der Waals surface area contributed by atoms with Crippen molar-refractivity contribution in [2.45, 2.75) is 25.1 Å². The number of nitriles is 1. The quantitative estimate of drug-likeness (QED) is 0.874. The number of rotatable bonds is 5. The number of nitrogens with zero attached hydrogens (tertiary/aromatic N) is 2. The average molecular weight is 276 g/mol. The summed E-state index contributed by atoms with van der Waals surface area (Å²) in [5.41, 5.74) is 1.60. The summed E-state index contributed by atoms with van der Waals surface area (Å²) < 4.78 is 10.6. The third-order valence-electron chi connectivity index (χ3n) is 3.81. The lowest BCUT2D eigenvalue weighted by molar-refractivity contribution is 0.107. The zero-order valence-electron chi connectivity index (χ0n) is 11.9. The number of hydrogen-bond acceptors (Lipinski definition) is 5. The number of aliphatic hydroxyl groups excluding tert-OH is 1. The van der Waals surface area contributed by atoms with Gasteiger partial charge in [-0.05, 0) is 24.1 Å². The van der Waals surface area contributed by atoms with E-state index in [1.165, 1.54) is 0 Å². The Balaban J connectivity index is 2.11. The molecule has 0 aliphatic carbocycles. The lowest BCUT2D eigenvalue weighted by Crippen LogP contribution is -2.31. The van der Waals surface area contributed by atoms with Crippen LogP contribution in [0.1, 0.15) is 17.5 Å². The summed E-state index contributed by atoms with van der Waals surface area (Å²) in [5.74, 6) is 0.591. The minimum Gasteiger partial charge on any atom is -0.495 e. The lowest BCUT2D eigenvalue weighted by Gasteiger charge is -2.22. The Labute approximate surface area is 119 Å². The number of aliphatic hydroxyl groups is 1. The van der Waals surface area contributed by atoms with Crippen molar-refractivity contribution in [3.63, 3.8) is 0 Å². The molecule has 0 bridgehead atoms. The van der Waals surface area contributed by atoms with Gasteiger partial charge in [0.25, 0.3) is 0 Å². The Hall–Kier alpha value is -1.61. The molecular weight excluding hydrogens is 256 g/mol. The summed E-state index contributed by atoms with van der Waals surface area (Å²) in [7, 11) is 3.26. The van der Waals surface area contributed by atoms with Crippen molar-refractivity contribution < 1.29 is 14.6 Å². The molecule has 1 fully saturated rings. The second-order valence-electron chi connectivity index (χ2n) is 5.01. The van der Waals surface area contributed by atoms with E-state index in [2.05, 4.69) is 11.0 Å². The van der Waals surface area contributed by atoms with Crippen LogP contribution in [0.25, 0.3) is 0 Å². The van der Waals surface area contributed by atoms with Gasteiger partial charge >= 0.3 is 0 Å². The molecule has 0 radical (unpaired) electrons. The maximum atomic E-state index is 9.45. The number of hydrogen-bond donors (Lipinski definition) is 1. The molecule has 1 aromatic carbocycles. The fourth-order valence-corrected chi connectivity index (χ4v) is 2.65. The zero-order valence-corrected chi connectivity index (χ0v) is 11.9. The lowest BCUT2D eigenvalue weighted by atomic mass is 10.1. The van der Waals surface area contributed by atoms with Gasteiger partial charge in [-0.15, -0.1) is 0 Å². The van der Waals surface area contributed by atoms with Crippen LogP contribution in [0.3, 0.4) is 0 Å². The maximum absolute atomic E-state index is 9.45. The van der Waals surface area contributed by atoms with Gasteiger partial charge in [0, 0.05) is 26.2 Å². The molecule has 2 atom stereocenters. The zero-order chi connectivity index (χ0) is 14.5. The first-order valence-corrected chi connectivity index (χ1v) is 6.66. The van der Waals surface area contributed by atoms with Gasteiger partial charge in [-0.25, -0.2) is 0 Å². The summed E-state index contributed by atoms with van der Waals surface area (Å²) in [5, 5.41) is 18.4. The van der Waals surface area contributed by atoms with E-state index in [1.807, 2.05) is 12.1 Å². The van der Waals surface area contributed by atoms with Crippen LogP contribution < -0.4 is 4.74 Å². The van der Waals surface area contributed by atoms with Gasteiger partial charge < -0.3 is 14.6 Å². The van der Waals surface area contributed by atoms with Crippen LogP contribution >= 0.6 is 0 Å². The van der Waals surface area contributed by atoms with E-state index >= 15 is 0 Å². The van der Waals surface area contributed by atoms with E-state index in [0.717, 1.165) is 18.5 Å².